The summed E-state index contributed by atoms with van der Waals surface area (Å²) in [7, 11) is 1.45. The van der Waals surface area contributed by atoms with Crippen LogP contribution in [0.15, 0.2) is 32.1 Å². The summed E-state index contributed by atoms with van der Waals surface area (Å²) >= 11 is 0. The van der Waals surface area contributed by atoms with Gasteiger partial charge in [0.2, 0.25) is 0 Å². The average molecular weight is 359 g/mol. The van der Waals surface area contributed by atoms with Crippen molar-refractivity contribution in [3.05, 3.63) is 46.0 Å². The van der Waals surface area contributed by atoms with Crippen LogP contribution in [0.2, 0.25) is 0 Å². The Labute approximate surface area is 145 Å². The van der Waals surface area contributed by atoms with Gasteiger partial charge in [0.15, 0.2) is 11.4 Å². The molecule has 3 aromatic rings. The van der Waals surface area contributed by atoms with E-state index in [0.717, 1.165) is 10.3 Å². The standard InChI is InChI=1S/C17H14FN3O5/c1-20-14-10(18)7-11-9(15(14)26-16(20)22)6-12-13(25-17(23)21(11)12)3-2-8-4-5-24-19-8/h4-5,7,12-13H,2-3,6H2,1H3/t12-,13-/m0/s1. The number of aryl methyl sites for hydroxylation is 2. The van der Waals surface area contributed by atoms with E-state index in [2.05, 4.69) is 5.16 Å². The van der Waals surface area contributed by atoms with Crippen LogP contribution in [0, 0.1) is 5.82 Å². The normalized spacial score (nSPS) is 21.3. The van der Waals surface area contributed by atoms with E-state index in [-0.39, 0.29) is 23.2 Å². The van der Waals surface area contributed by atoms with Gasteiger partial charge in [0.1, 0.15) is 17.9 Å². The van der Waals surface area contributed by atoms with E-state index in [1.807, 2.05) is 0 Å². The molecular formula is C17H14FN3O5. The van der Waals surface area contributed by atoms with E-state index >= 15 is 0 Å². The lowest BCUT2D eigenvalue weighted by Crippen LogP contribution is -2.33. The third-order valence-corrected chi connectivity index (χ3v) is 5.15. The maximum absolute atomic E-state index is 14.5. The topological polar surface area (TPSA) is 90.7 Å². The molecule has 1 fully saturated rings. The highest BCUT2D eigenvalue weighted by Gasteiger charge is 2.48. The fourth-order valence-electron chi connectivity index (χ4n) is 3.91. The number of aromatic nitrogens is 2. The number of amides is 1. The predicted octanol–water partition coefficient (Wildman–Crippen LogP) is 2.14. The first kappa shape index (κ1) is 15.2. The number of carbonyl (C=O) groups excluding carboxylic acids is 1. The average Bonchev–Trinajstić information content (AvgIpc) is 3.34. The van der Waals surface area contributed by atoms with Gasteiger partial charge in [-0.25, -0.2) is 14.0 Å². The lowest BCUT2D eigenvalue weighted by Gasteiger charge is -2.16. The van der Waals surface area contributed by atoms with Crippen LogP contribution in [0.5, 0.6) is 0 Å². The molecule has 0 aliphatic carbocycles. The predicted molar refractivity (Wildman–Crippen MR) is 86.5 cm³/mol. The smallest absolute Gasteiger partial charge is 0.419 e. The van der Waals surface area contributed by atoms with Gasteiger partial charge in [-0.3, -0.25) is 9.47 Å². The molecule has 8 nitrogen and oxygen atoms in total. The number of halogens is 1. The molecule has 5 rings (SSSR count). The summed E-state index contributed by atoms with van der Waals surface area (Å²) < 4.78 is 31.2. The molecule has 0 unspecified atom stereocenters. The number of oxazole rings is 1. The van der Waals surface area contributed by atoms with E-state index in [9.17, 15) is 14.0 Å². The fourth-order valence-corrected chi connectivity index (χ4v) is 3.91. The number of cyclic esters (lactones) is 1. The first-order valence-electron chi connectivity index (χ1n) is 8.24. The number of hydrogen-bond acceptors (Lipinski definition) is 6. The molecule has 0 saturated carbocycles. The Morgan fingerprint density at radius 2 is 2.23 bits per heavy atom. The number of rotatable bonds is 3. The molecule has 2 atom stereocenters. The van der Waals surface area contributed by atoms with Crippen molar-refractivity contribution in [1.82, 2.24) is 9.72 Å². The highest BCUT2D eigenvalue weighted by molar-refractivity contribution is 5.98. The Hall–Kier alpha value is -3.10. The van der Waals surface area contributed by atoms with E-state index in [4.69, 9.17) is 13.7 Å². The molecule has 9 heteroatoms. The monoisotopic (exact) mass is 359 g/mol. The Kier molecular flexibility index (Phi) is 3.03. The van der Waals surface area contributed by atoms with Gasteiger partial charge in [-0.05, 0) is 12.8 Å². The Morgan fingerprint density at radius 3 is 3.00 bits per heavy atom. The minimum Gasteiger partial charge on any atom is -0.444 e. The van der Waals surface area contributed by atoms with Crippen LogP contribution in [0.4, 0.5) is 14.9 Å². The third-order valence-electron chi connectivity index (χ3n) is 5.15. The second kappa shape index (κ2) is 5.20. The molecule has 134 valence electrons. The summed E-state index contributed by atoms with van der Waals surface area (Å²) in [6.07, 6.45) is 2.21. The Balaban J connectivity index is 1.53. The van der Waals surface area contributed by atoms with Crippen molar-refractivity contribution in [3.8, 4) is 0 Å². The van der Waals surface area contributed by atoms with E-state index in [1.54, 1.807) is 6.07 Å². The summed E-state index contributed by atoms with van der Waals surface area (Å²) in [6.45, 7) is 0. The zero-order valence-electron chi connectivity index (χ0n) is 13.8. The first-order chi connectivity index (χ1) is 12.5. The summed E-state index contributed by atoms with van der Waals surface area (Å²) in [6, 6.07) is 2.77. The van der Waals surface area contributed by atoms with E-state index in [1.165, 1.54) is 24.3 Å². The van der Waals surface area contributed by atoms with Crippen molar-refractivity contribution in [2.24, 2.45) is 7.05 Å². The van der Waals surface area contributed by atoms with Crippen molar-refractivity contribution in [2.45, 2.75) is 31.4 Å². The van der Waals surface area contributed by atoms with Gasteiger partial charge >= 0.3 is 11.8 Å². The fraction of sp³-hybridized carbons (Fsp3) is 0.353. The number of fused-ring (bicyclic) bond motifs is 5. The van der Waals surface area contributed by atoms with Crippen LogP contribution >= 0.6 is 0 Å². The number of carbonyl (C=O) groups is 1. The molecule has 0 bridgehead atoms. The van der Waals surface area contributed by atoms with Gasteiger partial charge in [0.25, 0.3) is 0 Å². The molecule has 26 heavy (non-hydrogen) atoms. The number of hydrogen-bond donors (Lipinski definition) is 0. The Bertz CT molecular complexity index is 1080. The molecule has 2 aliphatic rings. The van der Waals surface area contributed by atoms with Crippen molar-refractivity contribution >= 4 is 22.9 Å². The highest BCUT2D eigenvalue weighted by Crippen LogP contribution is 2.43. The second-order valence-corrected chi connectivity index (χ2v) is 6.55. The lowest BCUT2D eigenvalue weighted by atomic mass is 10.0. The molecule has 0 spiro atoms. The second-order valence-electron chi connectivity index (χ2n) is 6.55. The largest absolute Gasteiger partial charge is 0.444 e. The number of ether oxygens (including phenoxy) is 1. The summed E-state index contributed by atoms with van der Waals surface area (Å²) in [5, 5.41) is 3.86. The van der Waals surface area contributed by atoms with E-state index < -0.39 is 17.7 Å². The van der Waals surface area contributed by atoms with Gasteiger partial charge in [0, 0.05) is 31.2 Å². The SMILES string of the molecule is Cn1c(=O)oc2c3c(cc(F)c21)N1C(=O)O[C@@H](CCc2ccon2)[C@@H]1C3. The quantitative estimate of drug-likeness (QED) is 0.712. The highest BCUT2D eigenvalue weighted by atomic mass is 19.1. The van der Waals surface area contributed by atoms with Crippen molar-refractivity contribution < 1.29 is 22.9 Å². The van der Waals surface area contributed by atoms with Crippen LogP contribution in [-0.2, 0) is 24.6 Å². The molecule has 4 heterocycles. The Morgan fingerprint density at radius 1 is 1.38 bits per heavy atom. The van der Waals surface area contributed by atoms with Crippen LogP contribution in [0.25, 0.3) is 11.1 Å². The van der Waals surface area contributed by atoms with Crippen molar-refractivity contribution in [2.75, 3.05) is 4.90 Å². The summed E-state index contributed by atoms with van der Waals surface area (Å²) in [5.74, 6) is -1.24. The molecule has 2 aliphatic heterocycles. The minimum atomic E-state index is -0.635. The third kappa shape index (κ3) is 1.97. The van der Waals surface area contributed by atoms with Gasteiger partial charge < -0.3 is 13.7 Å². The minimum absolute atomic E-state index is 0.113. The number of anilines is 1. The molecule has 1 aromatic carbocycles. The van der Waals surface area contributed by atoms with Gasteiger partial charge in [-0.15, -0.1) is 0 Å². The maximum atomic E-state index is 14.5. The van der Waals surface area contributed by atoms with Crippen molar-refractivity contribution in [1.29, 1.82) is 0 Å². The summed E-state index contributed by atoms with van der Waals surface area (Å²) in [5.41, 5.74) is 2.15. The molecular weight excluding hydrogens is 345 g/mol. The van der Waals surface area contributed by atoms with Gasteiger partial charge in [-0.2, -0.15) is 0 Å². The zero-order valence-corrected chi connectivity index (χ0v) is 13.8. The van der Waals surface area contributed by atoms with Crippen LogP contribution in [0.1, 0.15) is 17.7 Å². The van der Waals surface area contributed by atoms with Crippen molar-refractivity contribution in [3.63, 3.8) is 0 Å². The van der Waals surface area contributed by atoms with Gasteiger partial charge in [0.05, 0.1) is 17.4 Å². The van der Waals surface area contributed by atoms with E-state index in [0.29, 0.717) is 30.5 Å². The van der Waals surface area contributed by atoms with Crippen LogP contribution < -0.4 is 10.7 Å². The zero-order chi connectivity index (χ0) is 18.0. The molecule has 2 aromatic heterocycles. The molecule has 0 radical (unpaired) electrons. The van der Waals surface area contributed by atoms with Crippen LogP contribution in [0.3, 0.4) is 0 Å². The lowest BCUT2D eigenvalue weighted by molar-refractivity contribution is 0.126. The molecule has 0 N–H and O–H groups in total. The molecule has 1 amide bonds. The number of nitrogens with zero attached hydrogens (tertiary/aromatic N) is 3. The number of benzene rings is 1. The first-order valence-corrected chi connectivity index (χ1v) is 8.24. The van der Waals surface area contributed by atoms with Crippen LogP contribution in [-0.4, -0.2) is 28.0 Å². The van der Waals surface area contributed by atoms with Gasteiger partial charge in [-0.1, -0.05) is 5.16 Å². The summed E-state index contributed by atoms with van der Waals surface area (Å²) in [4.78, 5) is 25.6. The maximum Gasteiger partial charge on any atom is 0.419 e. The molecule has 1 saturated heterocycles.